The number of urea groups is 2. The Morgan fingerprint density at radius 2 is 0.781 bits per heavy atom. The number of carbonyl (C=O) groups excluding carboxylic acids is 2. The van der Waals surface area contributed by atoms with Crippen LogP contribution in [0.25, 0.3) is 0 Å². The fourth-order valence-corrected chi connectivity index (χ4v) is 19.1. The van der Waals surface area contributed by atoms with E-state index >= 15 is 0 Å². The molecule has 10 aromatic rings. The Hall–Kier alpha value is -10.2. The minimum absolute atomic E-state index is 0.00318. The second-order valence-corrected chi connectivity index (χ2v) is 36.9. The number of rotatable bonds is 16. The minimum atomic E-state index is -0.00318. The molecule has 28 heteroatoms. The molecule has 4 aromatic heterocycles. The highest BCUT2D eigenvalue weighted by Crippen LogP contribution is 2.42. The lowest BCUT2D eigenvalue weighted by molar-refractivity contribution is 0.243. The molecule has 680 valence electrons. The van der Waals surface area contributed by atoms with Gasteiger partial charge in [-0.15, -0.1) is 0 Å². The molecule has 0 radical (unpaired) electrons. The average Bonchev–Trinajstić information content (AvgIpc) is 0.754. The zero-order valence-electron chi connectivity index (χ0n) is 76.4. The van der Waals surface area contributed by atoms with E-state index in [9.17, 15) is 9.59 Å². The van der Waals surface area contributed by atoms with E-state index in [0.29, 0.717) is 60.5 Å². The van der Waals surface area contributed by atoms with Gasteiger partial charge in [-0.25, -0.2) is 39.5 Å². The Morgan fingerprint density at radius 1 is 0.406 bits per heavy atom. The van der Waals surface area contributed by atoms with Gasteiger partial charge in [0, 0.05) is 171 Å². The number of benzene rings is 6. The van der Waals surface area contributed by atoms with Crippen molar-refractivity contribution in [2.45, 2.75) is 234 Å². The molecule has 4 aliphatic heterocycles. The first-order valence-corrected chi connectivity index (χ1v) is 47.5. The molecule has 8 aliphatic rings. The number of amides is 4. The quantitative estimate of drug-likeness (QED) is 0.0298. The first kappa shape index (κ1) is 95.4. The molecule has 0 atom stereocenters. The van der Waals surface area contributed by atoms with Gasteiger partial charge in [0.1, 0.15) is 22.6 Å². The Balaban J connectivity index is 0.000000139. The van der Waals surface area contributed by atoms with Crippen LogP contribution in [-0.4, -0.2) is 152 Å². The molecule has 24 nitrogen and oxygen atoms in total. The fraction of sp³-hybridized carbons (Fsp3) is 0.460. The maximum Gasteiger partial charge on any atom is 0.330 e. The summed E-state index contributed by atoms with van der Waals surface area (Å²) >= 11 is 23.7. The smallest absolute Gasteiger partial charge is 0.330 e. The topological polar surface area (TPSA) is 263 Å². The highest BCUT2D eigenvalue weighted by Gasteiger charge is 2.41. The largest absolute Gasteiger partial charge is 0.399 e. The number of nitrogens with one attached hydrogen (secondary N) is 4. The molecule has 4 saturated carbocycles. The zero-order chi connectivity index (χ0) is 90.3. The summed E-state index contributed by atoms with van der Waals surface area (Å²) in [5.74, 6) is 2.82. The van der Waals surface area contributed by atoms with Gasteiger partial charge in [0.25, 0.3) is 0 Å². The van der Waals surface area contributed by atoms with Crippen molar-refractivity contribution in [1.82, 2.24) is 49.7 Å². The van der Waals surface area contributed by atoms with Crippen LogP contribution in [0.15, 0.2) is 146 Å². The number of aromatic nitrogens is 8. The second-order valence-electron chi connectivity index (χ2n) is 35.5. The lowest BCUT2D eigenvalue weighted by atomic mass is 9.93. The number of hydrogen-bond acceptors (Lipinski definition) is 20. The van der Waals surface area contributed by atoms with Gasteiger partial charge in [0.2, 0.25) is 21.8 Å². The molecule has 0 bridgehead atoms. The molecular formula is C100H130Cl4N22O2. The van der Waals surface area contributed by atoms with Gasteiger partial charge in [-0.05, 0) is 249 Å². The van der Waals surface area contributed by atoms with Crippen molar-refractivity contribution in [1.29, 1.82) is 0 Å². The summed E-state index contributed by atoms with van der Waals surface area (Å²) in [6.45, 7) is 27.6. The number of nitrogen functional groups attached to an aromatic ring is 1. The molecule has 4 amide bonds. The average molecular weight is 1810 g/mol. The van der Waals surface area contributed by atoms with E-state index in [-0.39, 0.29) is 34.7 Å². The number of fused-ring (bicyclic) bond motifs is 2. The number of anilines is 12. The minimum Gasteiger partial charge on any atom is -0.399 e. The first-order valence-electron chi connectivity index (χ1n) is 46.0. The molecule has 2 saturated heterocycles. The van der Waals surface area contributed by atoms with E-state index in [0.717, 1.165) is 188 Å². The molecule has 128 heavy (non-hydrogen) atoms. The summed E-state index contributed by atoms with van der Waals surface area (Å²) in [6.07, 6.45) is 31.1. The van der Waals surface area contributed by atoms with Crippen LogP contribution in [0, 0.1) is 55.4 Å². The van der Waals surface area contributed by atoms with E-state index in [1.165, 1.54) is 116 Å². The van der Waals surface area contributed by atoms with Gasteiger partial charge in [-0.1, -0.05) is 161 Å². The predicted molar refractivity (Wildman–Crippen MR) is 530 cm³/mol. The third-order valence-electron chi connectivity index (χ3n) is 25.8. The monoisotopic (exact) mass is 1810 g/mol. The van der Waals surface area contributed by atoms with Crippen LogP contribution in [0.4, 0.5) is 78.5 Å². The normalized spacial score (nSPS) is 17.2. The number of halogens is 4. The first-order chi connectivity index (χ1) is 61.9. The highest BCUT2D eigenvalue weighted by molar-refractivity contribution is 6.32. The van der Waals surface area contributed by atoms with E-state index < -0.39 is 0 Å². The molecule has 8 heterocycles. The van der Waals surface area contributed by atoms with Crippen molar-refractivity contribution < 1.29 is 9.59 Å². The van der Waals surface area contributed by atoms with Crippen LogP contribution in [0.3, 0.4) is 0 Å². The number of piperazine rings is 2. The van der Waals surface area contributed by atoms with Crippen molar-refractivity contribution in [2.75, 3.05) is 123 Å². The number of carbonyl (C=O) groups is 2. The number of hydrogen-bond donors (Lipinski definition) is 6. The third kappa shape index (κ3) is 25.7. The Morgan fingerprint density at radius 3 is 1.22 bits per heavy atom. The zero-order valence-corrected chi connectivity index (χ0v) is 79.5. The molecule has 8 N–H and O–H groups in total. The van der Waals surface area contributed by atoms with E-state index in [1.807, 2.05) is 62.3 Å². The Kier molecular flexibility index (Phi) is 34.6. The maximum atomic E-state index is 14.1. The summed E-state index contributed by atoms with van der Waals surface area (Å²) in [5, 5.41) is 14.9. The van der Waals surface area contributed by atoms with Crippen molar-refractivity contribution in [3.8, 4) is 0 Å². The summed E-state index contributed by atoms with van der Waals surface area (Å²) in [4.78, 5) is 79.5. The lowest BCUT2D eigenvalue weighted by Crippen LogP contribution is -2.53. The van der Waals surface area contributed by atoms with E-state index in [1.54, 1.807) is 12.4 Å². The van der Waals surface area contributed by atoms with Crippen molar-refractivity contribution in [3.63, 3.8) is 0 Å². The number of para-hydroxylation sites is 4. The van der Waals surface area contributed by atoms with Crippen LogP contribution in [0.5, 0.6) is 0 Å². The van der Waals surface area contributed by atoms with Crippen LogP contribution < -0.4 is 62.1 Å². The maximum absolute atomic E-state index is 14.1. The van der Waals surface area contributed by atoms with Gasteiger partial charge in [-0.3, -0.25) is 19.6 Å². The molecule has 18 rings (SSSR count). The molecular weight excluding hydrogens is 1680 g/mol. The Labute approximate surface area is 778 Å². The number of aryl methyl sites for hydroxylation is 8. The molecule has 6 aromatic carbocycles. The van der Waals surface area contributed by atoms with E-state index in [4.69, 9.17) is 62.9 Å². The lowest BCUT2D eigenvalue weighted by Gasteiger charge is -2.42. The molecule has 0 unspecified atom stereocenters. The number of likely N-dealkylation sites (N-methyl/N-ethyl adjacent to an activating group) is 2. The van der Waals surface area contributed by atoms with Crippen molar-refractivity contribution >= 4 is 127 Å². The van der Waals surface area contributed by atoms with Crippen LogP contribution in [-0.2, 0) is 26.2 Å². The Bertz CT molecular complexity index is 5220. The van der Waals surface area contributed by atoms with Gasteiger partial charge >= 0.3 is 12.1 Å². The predicted octanol–water partition coefficient (Wildman–Crippen LogP) is 22.3. The summed E-state index contributed by atoms with van der Waals surface area (Å²) < 4.78 is 0. The van der Waals surface area contributed by atoms with Crippen LogP contribution in [0.1, 0.15) is 195 Å². The molecule has 6 fully saturated rings. The highest BCUT2D eigenvalue weighted by atomic mass is 35.5. The number of nitrogens with zero attached hydrogens (tertiary/aromatic N) is 16. The van der Waals surface area contributed by atoms with Gasteiger partial charge in [0.15, 0.2) is 0 Å². The van der Waals surface area contributed by atoms with Gasteiger partial charge in [-0.2, -0.15) is 9.97 Å². The summed E-state index contributed by atoms with van der Waals surface area (Å²) in [5.41, 5.74) is 32.9. The SMILES string of the molecule is CN1CCN(c2ccc(N)cc2)CC1.Cc1cccc(C)c1N1Cc2cnc(Cl)nc2N(C2CCCCC2)C1=O.Cc1cccc(C)c1N1Cc2cnc(Nc3ccc(N4CCN(C)CC4)cc3)nc2N(C2CCCCC2)C1=O.Cc1cccc(C)c1NCc1cnc(Cl)nc1Cl.Cc1cccc(C)c1NCc1cnc(Cl)nc1NC1CCCCC1.NC1CCCCC1. The third-order valence-corrected chi connectivity index (χ3v) is 26.7. The van der Waals surface area contributed by atoms with Crippen LogP contribution in [0.2, 0.25) is 21.0 Å². The summed E-state index contributed by atoms with van der Waals surface area (Å²) in [6, 6.07) is 42.8. The molecule has 4 aliphatic carbocycles. The van der Waals surface area contributed by atoms with E-state index in [2.05, 4.69) is 236 Å². The second kappa shape index (κ2) is 46.4. The fourth-order valence-electron chi connectivity index (χ4n) is 18.5. The van der Waals surface area contributed by atoms with Crippen LogP contribution >= 0.6 is 46.4 Å². The summed E-state index contributed by atoms with van der Waals surface area (Å²) in [7, 11) is 4.34. The van der Waals surface area contributed by atoms with Crippen molar-refractivity contribution in [2.24, 2.45) is 5.73 Å². The standard InChI is InChI=1S/C31H39N7O.C20H23ClN4O.C19H25ClN4.C13H13Cl2N3.C11H17N3.C6H13N/c1-22-8-7-9-23(2)28(22)37-21-24-20-32-30(34-29(24)38(31(37)39)27-10-5-4-6-11-27)33-25-12-14-26(15-13-25)36-18-16-35(3)17-19-36;1-13-7-6-8-14(2)17(13)24-12-15-11-22-19(21)23-18(15)25(20(24)26)16-9-4-3-5-10-16;1-13-7-6-8-14(2)17(13)21-11-15-12-22-19(20)24-18(15)23-16-9-4-3-5-10-16;1-8-4-3-5-9(2)11(8)16-6-10-7-17-13(15)18-12(10)14;1-13-6-8-14(9-7-13)11-4-2-10(12)3-5-11;7-6-4-2-1-3-5-6/h7-9,12-15,20,27H,4-6,10-11,16-19,21H2,1-3H3,(H,32,33,34);6-8,11,16H,3-5,9-10,12H2,1-2H3;6-8,12,16,21H,3-5,9-11H2,1-2H3,(H,22,23,24);3-5,7,16H,6H2,1-2H3;2-5H,6-9,12H2,1H3;6H,1-5,7H2. The molecule has 0 spiro atoms. The number of nitrogens with two attached hydrogens (primary N) is 2. The van der Waals surface area contributed by atoms with Crippen molar-refractivity contribution in [3.05, 3.63) is 234 Å². The van der Waals surface area contributed by atoms with Gasteiger partial charge in [0.05, 0.1) is 24.5 Å². The van der Waals surface area contributed by atoms with Gasteiger partial charge < -0.3 is 52.3 Å².